The topological polar surface area (TPSA) is 30.2 Å². The molecule has 286 valence electrons. The van der Waals surface area contributed by atoms with Gasteiger partial charge in [-0.2, -0.15) is 5.10 Å². The van der Waals surface area contributed by atoms with Gasteiger partial charge >= 0.3 is 0 Å². The minimum Gasteiger partial charge on any atom is -0.248 e. The van der Waals surface area contributed by atoms with Crippen molar-refractivity contribution in [2.75, 3.05) is 0 Å². The normalized spacial score (nSPS) is 11.3. The van der Waals surface area contributed by atoms with Crippen LogP contribution in [0.15, 0.2) is 237 Å². The van der Waals surface area contributed by atoms with Gasteiger partial charge in [0.25, 0.3) is 0 Å². The molecule has 8 aromatic carbocycles. The molecule has 0 aliphatic rings. The minimum absolute atomic E-state index is 0.961. The fraction of sp³-hybridized carbons (Fsp3) is 0. The largest absolute Gasteiger partial charge is 0.248 e. The van der Waals surface area contributed by atoms with Crippen molar-refractivity contribution in [2.24, 2.45) is 0 Å². The van der Waals surface area contributed by atoms with E-state index in [1.54, 1.807) is 0 Å². The van der Waals surface area contributed by atoms with Crippen molar-refractivity contribution in [3.63, 3.8) is 0 Å². The maximum atomic E-state index is 5.41. The third-order valence-electron chi connectivity index (χ3n) is 11.6. The van der Waals surface area contributed by atoms with Gasteiger partial charge in [0, 0.05) is 33.2 Å². The Kier molecular flexibility index (Phi) is 9.18. The molecule has 0 saturated heterocycles. The van der Waals surface area contributed by atoms with Crippen molar-refractivity contribution >= 4 is 16.3 Å². The molecule has 0 saturated carbocycles. The molecule has 3 aromatic heterocycles. The van der Waals surface area contributed by atoms with E-state index in [0.29, 0.717) is 0 Å². The smallest absolute Gasteiger partial charge is 0.101 e. The highest BCUT2D eigenvalue weighted by atomic mass is 15.2. The molecule has 0 unspecified atom stereocenters. The molecule has 61 heavy (non-hydrogen) atoms. The molecule has 11 aromatic rings. The summed E-state index contributed by atoms with van der Waals surface area (Å²) >= 11 is 0. The number of hydrogen-bond donors (Lipinski definition) is 0. The highest BCUT2D eigenvalue weighted by Gasteiger charge is 2.22. The molecule has 11 rings (SSSR count). The lowest BCUT2D eigenvalue weighted by Crippen LogP contribution is -1.96. The maximum Gasteiger partial charge on any atom is 0.101 e. The Balaban J connectivity index is 1.00. The van der Waals surface area contributed by atoms with Crippen LogP contribution in [0.5, 0.6) is 0 Å². The van der Waals surface area contributed by atoms with E-state index >= 15 is 0 Å². The zero-order valence-electron chi connectivity index (χ0n) is 33.4. The summed E-state index contributed by atoms with van der Waals surface area (Å²) in [6.45, 7) is 0. The predicted molar refractivity (Wildman–Crippen MR) is 254 cm³/mol. The molecule has 0 N–H and O–H groups in total. The zero-order valence-corrected chi connectivity index (χ0v) is 33.4. The van der Waals surface area contributed by atoms with Gasteiger partial charge in [-0.05, 0) is 62.5 Å². The summed E-state index contributed by atoms with van der Waals surface area (Å²) in [4.78, 5) is 5.08. The highest BCUT2D eigenvalue weighted by molar-refractivity contribution is 6.12. The van der Waals surface area contributed by atoms with Crippen molar-refractivity contribution < 1.29 is 0 Å². The Morgan fingerprint density at radius 3 is 1.26 bits per heavy atom. The quantitative estimate of drug-likeness (QED) is 0.154. The lowest BCUT2D eigenvalue weighted by atomic mass is 9.92. The number of benzene rings is 8. The van der Waals surface area contributed by atoms with Crippen LogP contribution in [-0.4, -0.2) is 14.6 Å². The Bertz CT molecular complexity index is 3230. The van der Waals surface area contributed by atoms with E-state index in [4.69, 9.17) is 10.1 Å². The first-order valence-corrected chi connectivity index (χ1v) is 20.7. The van der Waals surface area contributed by atoms with E-state index in [-0.39, 0.29) is 0 Å². The lowest BCUT2D eigenvalue weighted by Gasteiger charge is -2.14. The summed E-state index contributed by atoms with van der Waals surface area (Å²) < 4.78 is 2.16. The SMILES string of the molecule is c1ccc(-c2cc(-c3ccc(-c4ccc(-c5cccc6c5cc(-c5ccccc5)n5nc(-c7ccccc7)c(-c7ccccc7)c65)cc4)cc3)cc(-c3ccccc3)n2)cc1. The first kappa shape index (κ1) is 36.0. The van der Waals surface area contributed by atoms with Crippen molar-refractivity contribution in [3.8, 4) is 89.5 Å². The number of nitrogens with zero attached hydrogens (tertiary/aromatic N) is 3. The van der Waals surface area contributed by atoms with Crippen LogP contribution in [0.4, 0.5) is 0 Å². The van der Waals surface area contributed by atoms with E-state index < -0.39 is 0 Å². The predicted octanol–water partition coefficient (Wildman–Crippen LogP) is 15.2. The molecule has 0 bridgehead atoms. The average Bonchev–Trinajstić information content (AvgIpc) is 3.76. The van der Waals surface area contributed by atoms with Crippen LogP contribution >= 0.6 is 0 Å². The summed E-state index contributed by atoms with van der Waals surface area (Å²) in [5.41, 5.74) is 18.7. The number of fused-ring (bicyclic) bond motifs is 3. The molecule has 0 spiro atoms. The number of pyridine rings is 2. The fourth-order valence-electron chi connectivity index (χ4n) is 8.62. The Hall–Kier alpha value is -8.14. The summed E-state index contributed by atoms with van der Waals surface area (Å²) in [6, 6.07) is 84.0. The molecular weight excluding hydrogens is 739 g/mol. The van der Waals surface area contributed by atoms with E-state index in [0.717, 1.165) is 83.7 Å². The molecular formula is C58H39N3. The van der Waals surface area contributed by atoms with Crippen molar-refractivity contribution in [2.45, 2.75) is 0 Å². The van der Waals surface area contributed by atoms with Crippen LogP contribution in [0.3, 0.4) is 0 Å². The molecule has 3 nitrogen and oxygen atoms in total. The molecule has 0 aliphatic carbocycles. The van der Waals surface area contributed by atoms with E-state index in [1.807, 2.05) is 12.1 Å². The van der Waals surface area contributed by atoms with Crippen molar-refractivity contribution in [1.29, 1.82) is 0 Å². The van der Waals surface area contributed by atoms with Crippen molar-refractivity contribution in [1.82, 2.24) is 14.6 Å². The lowest BCUT2D eigenvalue weighted by molar-refractivity contribution is 0.979. The van der Waals surface area contributed by atoms with Crippen LogP contribution in [-0.2, 0) is 0 Å². The van der Waals surface area contributed by atoms with Gasteiger partial charge in [-0.25, -0.2) is 9.50 Å². The van der Waals surface area contributed by atoms with E-state index in [1.165, 1.54) is 22.1 Å². The van der Waals surface area contributed by atoms with E-state index in [9.17, 15) is 0 Å². The second-order valence-electron chi connectivity index (χ2n) is 15.4. The van der Waals surface area contributed by atoms with Gasteiger partial charge < -0.3 is 0 Å². The molecule has 3 heterocycles. The number of hydrogen-bond acceptors (Lipinski definition) is 2. The van der Waals surface area contributed by atoms with Crippen LogP contribution in [0.25, 0.3) is 106 Å². The van der Waals surface area contributed by atoms with Crippen LogP contribution in [0.2, 0.25) is 0 Å². The number of rotatable bonds is 8. The van der Waals surface area contributed by atoms with Crippen LogP contribution < -0.4 is 0 Å². The number of aromatic nitrogens is 3. The van der Waals surface area contributed by atoms with Crippen molar-refractivity contribution in [3.05, 3.63) is 237 Å². The van der Waals surface area contributed by atoms with Crippen LogP contribution in [0, 0.1) is 0 Å². The summed E-state index contributed by atoms with van der Waals surface area (Å²) in [5, 5.41) is 7.75. The van der Waals surface area contributed by atoms with Gasteiger partial charge in [-0.3, -0.25) is 0 Å². The monoisotopic (exact) mass is 777 g/mol. The Morgan fingerprint density at radius 2 is 0.738 bits per heavy atom. The minimum atomic E-state index is 0.961. The summed E-state index contributed by atoms with van der Waals surface area (Å²) in [6.07, 6.45) is 0. The molecule has 0 aliphatic heterocycles. The summed E-state index contributed by atoms with van der Waals surface area (Å²) in [7, 11) is 0. The third-order valence-corrected chi connectivity index (χ3v) is 11.6. The molecule has 0 radical (unpaired) electrons. The fourth-order valence-corrected chi connectivity index (χ4v) is 8.62. The Labute approximate surface area is 355 Å². The van der Waals surface area contributed by atoms with Gasteiger partial charge in [0.05, 0.1) is 22.6 Å². The molecule has 0 atom stereocenters. The summed E-state index contributed by atoms with van der Waals surface area (Å²) in [5.74, 6) is 0. The van der Waals surface area contributed by atoms with Gasteiger partial charge in [0.1, 0.15) is 5.69 Å². The van der Waals surface area contributed by atoms with Crippen LogP contribution in [0.1, 0.15) is 0 Å². The maximum absolute atomic E-state index is 5.41. The second kappa shape index (κ2) is 15.6. The Morgan fingerprint density at radius 1 is 0.295 bits per heavy atom. The average molecular weight is 778 g/mol. The van der Waals surface area contributed by atoms with Gasteiger partial charge in [0.15, 0.2) is 0 Å². The first-order valence-electron chi connectivity index (χ1n) is 20.7. The van der Waals surface area contributed by atoms with Gasteiger partial charge in [-0.1, -0.05) is 218 Å². The molecule has 0 amide bonds. The zero-order chi connectivity index (χ0) is 40.5. The van der Waals surface area contributed by atoms with Gasteiger partial charge in [-0.15, -0.1) is 0 Å². The third kappa shape index (κ3) is 6.78. The molecule has 3 heteroatoms. The molecule has 0 fully saturated rings. The second-order valence-corrected chi connectivity index (χ2v) is 15.4. The highest BCUT2D eigenvalue weighted by Crippen LogP contribution is 2.43. The first-order chi connectivity index (χ1) is 30.2. The van der Waals surface area contributed by atoms with E-state index in [2.05, 4.69) is 229 Å². The van der Waals surface area contributed by atoms with Gasteiger partial charge in [0.2, 0.25) is 0 Å². The standard InChI is InChI=1S/C58H39N3/c1-6-17-44(18-7-1)53-37-49(38-54(59-53)45-19-8-2-9-20-45)42-31-29-40(30-32-42)41-33-35-43(36-34-41)50-27-16-28-51-52(50)39-55(46-21-10-3-11-22-46)61-58(51)56(47-23-12-4-13-24-47)57(60-61)48-25-14-5-15-26-48/h1-39H.